The number of thiophene rings is 1. The van der Waals surface area contributed by atoms with Gasteiger partial charge in [-0.2, -0.15) is 0 Å². The Morgan fingerprint density at radius 3 is 2.62 bits per heavy atom. The van der Waals surface area contributed by atoms with E-state index in [1.807, 2.05) is 36.5 Å². The van der Waals surface area contributed by atoms with E-state index in [1.165, 1.54) is 4.88 Å². The van der Waals surface area contributed by atoms with Crippen LogP contribution in [0.2, 0.25) is 5.02 Å². The Hall–Kier alpha value is -2.15. The fraction of sp³-hybridized carbons (Fsp3) is 0.333. The van der Waals surface area contributed by atoms with E-state index < -0.39 is 0 Å². The third-order valence-electron chi connectivity index (χ3n) is 6.31. The van der Waals surface area contributed by atoms with Crippen LogP contribution in [0.5, 0.6) is 5.75 Å². The van der Waals surface area contributed by atoms with Gasteiger partial charge in [-0.25, -0.2) is 4.99 Å². The molecule has 1 amide bonds. The third kappa shape index (κ3) is 5.56. The first-order valence-corrected chi connectivity index (χ1v) is 13.2. The fourth-order valence-electron chi connectivity index (χ4n) is 4.26. The van der Waals surface area contributed by atoms with E-state index in [1.54, 1.807) is 30.6 Å². The minimum Gasteiger partial charge on any atom is -0.496 e. The summed E-state index contributed by atoms with van der Waals surface area (Å²) in [4.78, 5) is 19.5. The number of methoxy groups -OCH3 is 1. The van der Waals surface area contributed by atoms with Crippen molar-refractivity contribution in [1.82, 2.24) is 0 Å². The van der Waals surface area contributed by atoms with Crippen molar-refractivity contribution in [2.75, 3.05) is 12.4 Å². The van der Waals surface area contributed by atoms with Crippen molar-refractivity contribution >= 4 is 61.7 Å². The number of fused-ring (bicyclic) bond motifs is 1. The quantitative estimate of drug-likeness (QED) is 0.320. The monoisotopic (exact) mass is 558 g/mol. The molecule has 0 bridgehead atoms. The molecule has 34 heavy (non-hydrogen) atoms. The van der Waals surface area contributed by atoms with Crippen LogP contribution >= 0.6 is 38.9 Å². The lowest BCUT2D eigenvalue weighted by Gasteiger charge is -2.33. The van der Waals surface area contributed by atoms with E-state index in [2.05, 4.69) is 42.0 Å². The molecule has 4 rings (SSSR count). The molecule has 1 aromatic heterocycles. The lowest BCUT2D eigenvalue weighted by Crippen LogP contribution is -2.27. The van der Waals surface area contributed by atoms with Gasteiger partial charge in [-0.1, -0.05) is 32.4 Å². The van der Waals surface area contributed by atoms with E-state index in [0.29, 0.717) is 22.2 Å². The van der Waals surface area contributed by atoms with Crippen LogP contribution in [-0.4, -0.2) is 19.2 Å². The largest absolute Gasteiger partial charge is 0.496 e. The van der Waals surface area contributed by atoms with Crippen LogP contribution in [0.15, 0.2) is 51.9 Å². The number of carbonyl (C=O) groups is 1. The molecule has 7 heteroatoms. The number of benzene rings is 2. The average molecular weight is 560 g/mol. The van der Waals surface area contributed by atoms with Gasteiger partial charge in [0.1, 0.15) is 10.8 Å². The zero-order chi connectivity index (χ0) is 24.5. The Balaban J connectivity index is 1.69. The van der Waals surface area contributed by atoms with Gasteiger partial charge in [0.05, 0.1) is 17.1 Å². The van der Waals surface area contributed by atoms with Crippen LogP contribution < -0.4 is 10.1 Å². The second kappa shape index (κ2) is 10.2. The zero-order valence-corrected chi connectivity index (χ0v) is 22.9. The lowest BCUT2D eigenvalue weighted by molar-refractivity contribution is 0.102. The van der Waals surface area contributed by atoms with Crippen molar-refractivity contribution in [2.45, 2.75) is 40.0 Å². The molecule has 0 unspecified atom stereocenters. The lowest BCUT2D eigenvalue weighted by atomic mass is 9.72. The summed E-state index contributed by atoms with van der Waals surface area (Å²) in [7, 11) is 1.64. The van der Waals surface area contributed by atoms with Crippen LogP contribution in [0.4, 0.5) is 10.7 Å². The number of hydrogen-bond donors (Lipinski definition) is 1. The van der Waals surface area contributed by atoms with Crippen LogP contribution in [0, 0.1) is 11.3 Å². The second-order valence-corrected chi connectivity index (χ2v) is 12.0. The van der Waals surface area contributed by atoms with Crippen LogP contribution in [-0.2, 0) is 12.8 Å². The summed E-state index contributed by atoms with van der Waals surface area (Å²) in [6.07, 6.45) is 4.75. The van der Waals surface area contributed by atoms with Crippen molar-refractivity contribution in [3.63, 3.8) is 0 Å². The molecule has 178 valence electrons. The average Bonchev–Trinajstić information content (AvgIpc) is 3.16. The van der Waals surface area contributed by atoms with Gasteiger partial charge >= 0.3 is 0 Å². The number of halogens is 2. The van der Waals surface area contributed by atoms with Gasteiger partial charge in [0, 0.05) is 21.8 Å². The third-order valence-corrected chi connectivity index (χ3v) is 8.34. The number of anilines is 1. The van der Waals surface area contributed by atoms with Crippen LogP contribution in [0.3, 0.4) is 0 Å². The summed E-state index contributed by atoms with van der Waals surface area (Å²) >= 11 is 11.2. The topological polar surface area (TPSA) is 50.7 Å². The van der Waals surface area contributed by atoms with Crippen molar-refractivity contribution in [3.05, 3.63) is 73.5 Å². The van der Waals surface area contributed by atoms with Gasteiger partial charge in [-0.3, -0.25) is 4.79 Å². The summed E-state index contributed by atoms with van der Waals surface area (Å²) in [6.45, 7) is 6.89. The first-order chi connectivity index (χ1) is 16.2. The maximum absolute atomic E-state index is 13.4. The minimum absolute atomic E-state index is 0.128. The van der Waals surface area contributed by atoms with Crippen LogP contribution in [0.1, 0.15) is 53.6 Å². The fourth-order valence-corrected chi connectivity index (χ4v) is 6.21. The van der Waals surface area contributed by atoms with Gasteiger partial charge < -0.3 is 10.1 Å². The molecular formula is C27H28BrClN2O2S. The second-order valence-electron chi connectivity index (χ2n) is 9.60. The van der Waals surface area contributed by atoms with Gasteiger partial charge in [-0.05, 0) is 100 Å². The summed E-state index contributed by atoms with van der Waals surface area (Å²) in [5.74, 6) is 1.22. The van der Waals surface area contributed by atoms with Crippen LogP contribution in [0.25, 0.3) is 0 Å². The molecule has 3 aromatic rings. The molecule has 0 aliphatic heterocycles. The van der Waals surface area contributed by atoms with E-state index in [-0.39, 0.29) is 11.3 Å². The highest BCUT2D eigenvalue weighted by Gasteiger charge is 2.33. The minimum atomic E-state index is -0.128. The predicted molar refractivity (Wildman–Crippen MR) is 147 cm³/mol. The Morgan fingerprint density at radius 1 is 1.24 bits per heavy atom. The molecule has 0 fully saturated rings. The molecule has 4 nitrogen and oxygen atoms in total. The number of carbonyl (C=O) groups excluding carboxylic acids is 1. The van der Waals surface area contributed by atoms with Gasteiger partial charge in [0.25, 0.3) is 5.91 Å². The standard InChI is InChI=1S/C27H28BrClN2O2S/c1-27(2,3)17-6-11-20-23(14-17)34-26(30-15-16-5-12-22(33-4)21(28)13-16)24(20)25(32)31-19-9-7-18(29)8-10-19/h5,7-10,12-13,15,17H,6,11,14H2,1-4H3,(H,31,32)/t17-/m1/s1. The van der Waals surface area contributed by atoms with E-state index in [9.17, 15) is 4.79 Å². The molecule has 2 aromatic carbocycles. The van der Waals surface area contributed by atoms with Crippen molar-refractivity contribution in [3.8, 4) is 5.75 Å². The number of aliphatic imine (C=N–C) groups is 1. The first kappa shape index (κ1) is 25.0. The molecule has 1 aliphatic carbocycles. The molecule has 1 N–H and O–H groups in total. The summed E-state index contributed by atoms with van der Waals surface area (Å²) in [6, 6.07) is 13.0. The molecule has 1 aliphatic rings. The highest BCUT2D eigenvalue weighted by Crippen LogP contribution is 2.45. The van der Waals surface area contributed by atoms with Crippen molar-refractivity contribution < 1.29 is 9.53 Å². The molecule has 1 heterocycles. The Bertz CT molecular complexity index is 1230. The highest BCUT2D eigenvalue weighted by atomic mass is 79.9. The number of ether oxygens (including phenoxy) is 1. The number of nitrogens with zero attached hydrogens (tertiary/aromatic N) is 1. The molecule has 0 saturated heterocycles. The molecular weight excluding hydrogens is 532 g/mol. The normalized spacial score (nSPS) is 15.9. The summed E-state index contributed by atoms with van der Waals surface area (Å²) in [5.41, 5.74) is 3.69. The van der Waals surface area contributed by atoms with E-state index in [4.69, 9.17) is 21.3 Å². The molecule has 0 spiro atoms. The van der Waals surface area contributed by atoms with E-state index in [0.717, 1.165) is 45.6 Å². The van der Waals surface area contributed by atoms with Gasteiger partial charge in [-0.15, -0.1) is 11.3 Å². The highest BCUT2D eigenvalue weighted by molar-refractivity contribution is 9.10. The molecule has 0 radical (unpaired) electrons. The summed E-state index contributed by atoms with van der Waals surface area (Å²) in [5, 5.41) is 4.42. The molecule has 1 atom stereocenters. The van der Waals surface area contributed by atoms with Gasteiger partial charge in [0.15, 0.2) is 0 Å². The Morgan fingerprint density at radius 2 is 1.97 bits per heavy atom. The maximum Gasteiger partial charge on any atom is 0.259 e. The van der Waals surface area contributed by atoms with Crippen molar-refractivity contribution in [2.24, 2.45) is 16.3 Å². The smallest absolute Gasteiger partial charge is 0.259 e. The molecule has 0 saturated carbocycles. The summed E-state index contributed by atoms with van der Waals surface area (Å²) < 4.78 is 6.18. The van der Waals surface area contributed by atoms with Crippen molar-refractivity contribution in [1.29, 1.82) is 0 Å². The van der Waals surface area contributed by atoms with Gasteiger partial charge in [0.2, 0.25) is 0 Å². The van der Waals surface area contributed by atoms with E-state index >= 15 is 0 Å². The Kier molecular flexibility index (Phi) is 7.51. The number of nitrogens with one attached hydrogen (secondary N) is 1. The number of rotatable bonds is 5. The maximum atomic E-state index is 13.4. The number of amides is 1. The first-order valence-electron chi connectivity index (χ1n) is 11.2. The number of hydrogen-bond acceptors (Lipinski definition) is 4. The Labute approximate surface area is 218 Å². The zero-order valence-electron chi connectivity index (χ0n) is 19.7. The predicted octanol–water partition coefficient (Wildman–Crippen LogP) is 8.33. The SMILES string of the molecule is COc1ccc(C=Nc2sc3c(c2C(=O)Nc2ccc(Cl)cc2)CC[C@@H](C(C)(C)C)C3)cc1Br.